The number of amides is 2. The predicted molar refractivity (Wildman–Crippen MR) is 125 cm³/mol. The van der Waals surface area contributed by atoms with E-state index in [4.69, 9.17) is 4.74 Å². The number of nitrogens with one attached hydrogen (secondary N) is 1. The Bertz CT molecular complexity index is 1060. The number of rotatable bonds is 8. The molecule has 0 unspecified atom stereocenters. The molecule has 3 aromatic rings. The van der Waals surface area contributed by atoms with Crippen LogP contribution in [0.15, 0.2) is 78.9 Å². The summed E-state index contributed by atoms with van der Waals surface area (Å²) < 4.78 is 5.88. The molecule has 1 aliphatic carbocycles. The summed E-state index contributed by atoms with van der Waals surface area (Å²) in [7, 11) is 1.76. The Morgan fingerprint density at radius 1 is 0.938 bits per heavy atom. The summed E-state index contributed by atoms with van der Waals surface area (Å²) in [5.41, 5.74) is 3.84. The van der Waals surface area contributed by atoms with Gasteiger partial charge in [-0.25, -0.2) is 0 Å². The average molecular weight is 429 g/mol. The van der Waals surface area contributed by atoms with Crippen LogP contribution in [0.2, 0.25) is 0 Å². The highest BCUT2D eigenvalue weighted by atomic mass is 16.5. The lowest BCUT2D eigenvalue weighted by molar-refractivity contribution is -0.137. The number of nitrogens with zero attached hydrogens (tertiary/aromatic N) is 1. The lowest BCUT2D eigenvalue weighted by atomic mass is 10.1. The van der Waals surface area contributed by atoms with E-state index in [1.165, 1.54) is 0 Å². The second kappa shape index (κ2) is 9.69. The molecule has 32 heavy (non-hydrogen) atoms. The lowest BCUT2D eigenvalue weighted by Crippen LogP contribution is -2.37. The number of carbonyl (C=O) groups excluding carboxylic acids is 2. The van der Waals surface area contributed by atoms with Gasteiger partial charge in [0.1, 0.15) is 5.75 Å². The van der Waals surface area contributed by atoms with Crippen molar-refractivity contribution in [2.45, 2.75) is 38.5 Å². The highest BCUT2D eigenvalue weighted by Crippen LogP contribution is 2.23. The first-order chi connectivity index (χ1) is 15.5. The highest BCUT2D eigenvalue weighted by Gasteiger charge is 2.24. The molecule has 1 atom stereocenters. The van der Waals surface area contributed by atoms with Gasteiger partial charge in [0.15, 0.2) is 6.10 Å². The zero-order chi connectivity index (χ0) is 22.5. The Balaban J connectivity index is 1.30. The van der Waals surface area contributed by atoms with E-state index in [1.807, 2.05) is 54.6 Å². The summed E-state index contributed by atoms with van der Waals surface area (Å²) >= 11 is 0. The first-order valence-electron chi connectivity index (χ1n) is 11.0. The van der Waals surface area contributed by atoms with Crippen molar-refractivity contribution in [3.63, 3.8) is 0 Å². The molecule has 1 fully saturated rings. The number of hydrogen-bond acceptors (Lipinski definition) is 3. The van der Waals surface area contributed by atoms with E-state index in [0.717, 1.165) is 29.5 Å². The van der Waals surface area contributed by atoms with Crippen molar-refractivity contribution in [1.29, 1.82) is 0 Å². The number of ether oxygens (including phenoxy) is 1. The van der Waals surface area contributed by atoms with Crippen molar-refractivity contribution in [2.24, 2.45) is 0 Å². The minimum atomic E-state index is -0.605. The molecule has 5 nitrogen and oxygen atoms in total. The number of likely N-dealkylation sites (N-methyl/N-ethyl adjacent to an activating group) is 1. The number of carbonyl (C=O) groups is 2. The SMILES string of the molecule is C[C@H](Oc1ccc(-c2ccccc2)cc1)C(=O)N(C)Cc1ccc(C(=O)NC2CC2)cc1. The standard InChI is InChI=1S/C27H28N2O3/c1-19(32-25-16-12-22(13-17-25)21-6-4-3-5-7-21)27(31)29(2)18-20-8-10-23(11-9-20)26(30)28-24-14-15-24/h3-13,16-17,19,24H,14-15,18H2,1-2H3,(H,28,30)/t19-/m0/s1. The van der Waals surface area contributed by atoms with Crippen molar-refractivity contribution in [1.82, 2.24) is 10.2 Å². The predicted octanol–water partition coefficient (Wildman–Crippen LogP) is 4.67. The van der Waals surface area contributed by atoms with Gasteiger partial charge in [0, 0.05) is 25.2 Å². The van der Waals surface area contributed by atoms with Crippen LogP contribution in [-0.2, 0) is 11.3 Å². The lowest BCUT2D eigenvalue weighted by Gasteiger charge is -2.22. The van der Waals surface area contributed by atoms with Crippen LogP contribution >= 0.6 is 0 Å². The fraction of sp³-hybridized carbons (Fsp3) is 0.259. The molecule has 0 spiro atoms. The van der Waals surface area contributed by atoms with Crippen LogP contribution in [0, 0.1) is 0 Å². The molecule has 2 amide bonds. The molecule has 0 aromatic heterocycles. The maximum Gasteiger partial charge on any atom is 0.263 e. The molecule has 0 bridgehead atoms. The third-order valence-corrected chi connectivity index (χ3v) is 5.55. The van der Waals surface area contributed by atoms with E-state index in [0.29, 0.717) is 23.9 Å². The van der Waals surface area contributed by atoms with Crippen LogP contribution in [0.3, 0.4) is 0 Å². The van der Waals surface area contributed by atoms with Gasteiger partial charge >= 0.3 is 0 Å². The second-order valence-corrected chi connectivity index (χ2v) is 8.29. The number of hydrogen-bond donors (Lipinski definition) is 1. The summed E-state index contributed by atoms with van der Waals surface area (Å²) in [5.74, 6) is 0.515. The zero-order valence-corrected chi connectivity index (χ0v) is 18.5. The average Bonchev–Trinajstić information content (AvgIpc) is 3.64. The molecule has 3 aromatic carbocycles. The Morgan fingerprint density at radius 3 is 2.19 bits per heavy atom. The second-order valence-electron chi connectivity index (χ2n) is 8.29. The van der Waals surface area contributed by atoms with Gasteiger partial charge in [-0.15, -0.1) is 0 Å². The fourth-order valence-electron chi connectivity index (χ4n) is 3.53. The van der Waals surface area contributed by atoms with Crippen LogP contribution in [-0.4, -0.2) is 35.9 Å². The van der Waals surface area contributed by atoms with Crippen LogP contribution in [0.5, 0.6) is 5.75 Å². The topological polar surface area (TPSA) is 58.6 Å². The van der Waals surface area contributed by atoms with Gasteiger partial charge < -0.3 is 15.0 Å². The molecule has 0 radical (unpaired) electrons. The maximum absolute atomic E-state index is 12.8. The molecular formula is C27H28N2O3. The molecular weight excluding hydrogens is 400 g/mol. The van der Waals surface area contributed by atoms with Crippen LogP contribution in [0.25, 0.3) is 11.1 Å². The van der Waals surface area contributed by atoms with E-state index in [2.05, 4.69) is 17.4 Å². The Labute approximate surface area is 189 Å². The summed E-state index contributed by atoms with van der Waals surface area (Å²) in [6.45, 7) is 2.21. The molecule has 1 N–H and O–H groups in total. The summed E-state index contributed by atoms with van der Waals surface area (Å²) in [6, 6.07) is 25.6. The largest absolute Gasteiger partial charge is 0.481 e. The summed E-state index contributed by atoms with van der Waals surface area (Å²) in [6.07, 6.45) is 1.52. The highest BCUT2D eigenvalue weighted by molar-refractivity contribution is 5.94. The first kappa shape index (κ1) is 21.6. The van der Waals surface area contributed by atoms with Crippen molar-refractivity contribution in [2.75, 3.05) is 7.05 Å². The summed E-state index contributed by atoms with van der Waals surface area (Å²) in [5, 5.41) is 2.98. The van der Waals surface area contributed by atoms with Crippen LogP contribution in [0.4, 0.5) is 0 Å². The van der Waals surface area contributed by atoms with E-state index >= 15 is 0 Å². The molecule has 1 aliphatic rings. The van der Waals surface area contributed by atoms with E-state index in [-0.39, 0.29) is 11.8 Å². The monoisotopic (exact) mass is 428 g/mol. The first-order valence-corrected chi connectivity index (χ1v) is 11.0. The zero-order valence-electron chi connectivity index (χ0n) is 18.5. The van der Waals surface area contributed by atoms with Crippen molar-refractivity contribution in [3.05, 3.63) is 90.0 Å². The smallest absolute Gasteiger partial charge is 0.263 e. The molecule has 0 saturated heterocycles. The molecule has 0 heterocycles. The van der Waals surface area contributed by atoms with Crippen molar-refractivity contribution < 1.29 is 14.3 Å². The minimum absolute atomic E-state index is 0.0382. The third kappa shape index (κ3) is 5.55. The van der Waals surface area contributed by atoms with Gasteiger partial charge in [-0.05, 0) is 60.7 Å². The Hall–Kier alpha value is -3.60. The van der Waals surface area contributed by atoms with Crippen LogP contribution < -0.4 is 10.1 Å². The van der Waals surface area contributed by atoms with E-state index in [1.54, 1.807) is 31.0 Å². The minimum Gasteiger partial charge on any atom is -0.481 e. The maximum atomic E-state index is 12.8. The molecule has 1 saturated carbocycles. The van der Waals surface area contributed by atoms with Gasteiger partial charge in [0.2, 0.25) is 0 Å². The van der Waals surface area contributed by atoms with Gasteiger partial charge in [-0.2, -0.15) is 0 Å². The Kier molecular flexibility index (Phi) is 6.55. The quantitative estimate of drug-likeness (QED) is 0.567. The molecule has 4 rings (SSSR count). The van der Waals surface area contributed by atoms with Crippen molar-refractivity contribution in [3.8, 4) is 16.9 Å². The molecule has 5 heteroatoms. The van der Waals surface area contributed by atoms with Gasteiger partial charge in [-0.1, -0.05) is 54.6 Å². The van der Waals surface area contributed by atoms with E-state index in [9.17, 15) is 9.59 Å². The van der Waals surface area contributed by atoms with Gasteiger partial charge in [0.25, 0.3) is 11.8 Å². The molecule has 0 aliphatic heterocycles. The Morgan fingerprint density at radius 2 is 1.56 bits per heavy atom. The molecule has 164 valence electrons. The third-order valence-electron chi connectivity index (χ3n) is 5.55. The van der Waals surface area contributed by atoms with E-state index < -0.39 is 6.10 Å². The van der Waals surface area contributed by atoms with Gasteiger partial charge in [-0.3, -0.25) is 9.59 Å². The normalized spacial score (nSPS) is 13.8. The summed E-state index contributed by atoms with van der Waals surface area (Å²) in [4.78, 5) is 26.5. The van der Waals surface area contributed by atoms with Crippen LogP contribution in [0.1, 0.15) is 35.7 Å². The fourth-order valence-corrected chi connectivity index (χ4v) is 3.53. The number of benzene rings is 3. The van der Waals surface area contributed by atoms with Crippen molar-refractivity contribution >= 4 is 11.8 Å². The van der Waals surface area contributed by atoms with Gasteiger partial charge in [0.05, 0.1) is 0 Å².